The van der Waals surface area contributed by atoms with E-state index >= 15 is 0 Å². The lowest BCUT2D eigenvalue weighted by atomic mass is 10.1. The summed E-state index contributed by atoms with van der Waals surface area (Å²) in [5, 5.41) is 0. The number of carbonyl (C=O) groups is 1. The van der Waals surface area contributed by atoms with Gasteiger partial charge in [-0.15, -0.1) is 0 Å². The normalized spacial score (nSPS) is 16.9. The first-order valence-corrected chi connectivity index (χ1v) is 8.57. The zero-order valence-electron chi connectivity index (χ0n) is 14.6. The Bertz CT molecular complexity index is 816. The van der Waals surface area contributed by atoms with Crippen LogP contribution in [0.5, 0.6) is 5.75 Å². The van der Waals surface area contributed by atoms with Crippen molar-refractivity contribution < 1.29 is 9.53 Å². The number of ether oxygens (including phenoxy) is 1. The van der Waals surface area contributed by atoms with Gasteiger partial charge in [0.25, 0.3) is 5.56 Å². The SMILES string of the molecule is COc1ccccc1CCC(=O)N1CCC[C@@H]1c1nc(C)cc(=O)[nH]1. The molecule has 0 bridgehead atoms. The monoisotopic (exact) mass is 341 g/mol. The first-order chi connectivity index (χ1) is 12.1. The smallest absolute Gasteiger partial charge is 0.251 e. The molecular weight excluding hydrogens is 318 g/mol. The van der Waals surface area contributed by atoms with E-state index < -0.39 is 0 Å². The maximum absolute atomic E-state index is 12.7. The number of nitrogens with zero attached hydrogens (tertiary/aromatic N) is 2. The fourth-order valence-corrected chi connectivity index (χ4v) is 3.40. The van der Waals surface area contributed by atoms with Gasteiger partial charge < -0.3 is 14.6 Å². The second-order valence-corrected chi connectivity index (χ2v) is 6.33. The Balaban J connectivity index is 1.71. The quantitative estimate of drug-likeness (QED) is 0.906. The van der Waals surface area contributed by atoms with Crippen LogP contribution in [0.15, 0.2) is 35.1 Å². The van der Waals surface area contributed by atoms with E-state index in [0.717, 1.165) is 24.2 Å². The predicted octanol–water partition coefficient (Wildman–Crippen LogP) is 2.38. The van der Waals surface area contributed by atoms with Crippen molar-refractivity contribution in [2.75, 3.05) is 13.7 Å². The minimum atomic E-state index is -0.171. The molecule has 1 aromatic heterocycles. The third kappa shape index (κ3) is 3.90. The van der Waals surface area contributed by atoms with Crippen molar-refractivity contribution in [2.24, 2.45) is 0 Å². The van der Waals surface area contributed by atoms with Gasteiger partial charge in [0, 0.05) is 24.7 Å². The fraction of sp³-hybridized carbons (Fsp3) is 0.421. The van der Waals surface area contributed by atoms with Crippen molar-refractivity contribution in [1.82, 2.24) is 14.9 Å². The van der Waals surface area contributed by atoms with Gasteiger partial charge in [-0.3, -0.25) is 9.59 Å². The number of rotatable bonds is 5. The highest BCUT2D eigenvalue weighted by Gasteiger charge is 2.31. The Morgan fingerprint density at radius 3 is 2.96 bits per heavy atom. The minimum absolute atomic E-state index is 0.0811. The average molecular weight is 341 g/mol. The highest BCUT2D eigenvalue weighted by molar-refractivity contribution is 5.77. The zero-order valence-corrected chi connectivity index (χ0v) is 14.6. The van der Waals surface area contributed by atoms with E-state index in [1.165, 1.54) is 6.07 Å². The molecule has 6 nitrogen and oxygen atoms in total. The molecule has 1 saturated heterocycles. The molecule has 1 N–H and O–H groups in total. The number of H-pyrrole nitrogens is 1. The largest absolute Gasteiger partial charge is 0.496 e. The van der Waals surface area contributed by atoms with Crippen LogP contribution in [-0.2, 0) is 11.2 Å². The van der Waals surface area contributed by atoms with Gasteiger partial charge >= 0.3 is 0 Å². The summed E-state index contributed by atoms with van der Waals surface area (Å²) in [6.07, 6.45) is 2.78. The van der Waals surface area contributed by atoms with Crippen LogP contribution in [0.1, 0.15) is 42.4 Å². The maximum Gasteiger partial charge on any atom is 0.251 e. The van der Waals surface area contributed by atoms with E-state index in [2.05, 4.69) is 9.97 Å². The summed E-state index contributed by atoms with van der Waals surface area (Å²) in [6.45, 7) is 2.49. The number of benzene rings is 1. The molecule has 2 heterocycles. The van der Waals surface area contributed by atoms with Gasteiger partial charge in [0.15, 0.2) is 0 Å². The number of para-hydroxylation sites is 1. The van der Waals surface area contributed by atoms with E-state index in [9.17, 15) is 9.59 Å². The molecule has 6 heteroatoms. The van der Waals surface area contributed by atoms with Crippen LogP contribution < -0.4 is 10.3 Å². The Labute approximate surface area is 146 Å². The zero-order chi connectivity index (χ0) is 17.8. The predicted molar refractivity (Wildman–Crippen MR) is 94.6 cm³/mol. The van der Waals surface area contributed by atoms with Gasteiger partial charge in [0.1, 0.15) is 11.6 Å². The Hall–Kier alpha value is -2.63. The summed E-state index contributed by atoms with van der Waals surface area (Å²) in [4.78, 5) is 33.5. The summed E-state index contributed by atoms with van der Waals surface area (Å²) in [6, 6.07) is 9.07. The van der Waals surface area contributed by atoms with E-state index in [1.807, 2.05) is 29.2 Å². The first kappa shape index (κ1) is 17.2. The molecule has 0 radical (unpaired) electrons. The standard InChI is InChI=1S/C19H23N3O3/c1-13-12-17(23)21-19(20-13)15-7-5-11-22(15)18(24)10-9-14-6-3-4-8-16(14)25-2/h3-4,6,8,12,15H,5,7,9-11H2,1-2H3,(H,20,21,23)/t15-/m1/s1. The lowest BCUT2D eigenvalue weighted by Gasteiger charge is -2.24. The number of nitrogens with one attached hydrogen (secondary N) is 1. The molecule has 2 aromatic rings. The fourth-order valence-electron chi connectivity index (χ4n) is 3.40. The lowest BCUT2D eigenvalue weighted by molar-refractivity contribution is -0.132. The minimum Gasteiger partial charge on any atom is -0.496 e. The molecule has 0 saturated carbocycles. The van der Waals surface area contributed by atoms with Gasteiger partial charge in [-0.25, -0.2) is 4.98 Å². The molecule has 1 aliphatic heterocycles. The number of likely N-dealkylation sites (tertiary alicyclic amines) is 1. The Morgan fingerprint density at radius 2 is 2.20 bits per heavy atom. The molecule has 1 aromatic carbocycles. The van der Waals surface area contributed by atoms with E-state index in [-0.39, 0.29) is 17.5 Å². The maximum atomic E-state index is 12.7. The summed E-state index contributed by atoms with van der Waals surface area (Å²) in [5.41, 5.74) is 1.53. The van der Waals surface area contributed by atoms with Crippen LogP contribution in [-0.4, -0.2) is 34.4 Å². The van der Waals surface area contributed by atoms with Crippen molar-refractivity contribution in [3.05, 3.63) is 57.8 Å². The van der Waals surface area contributed by atoms with Crippen LogP contribution in [0.3, 0.4) is 0 Å². The number of aromatic amines is 1. The molecule has 0 spiro atoms. The van der Waals surface area contributed by atoms with E-state index in [0.29, 0.717) is 30.9 Å². The molecule has 25 heavy (non-hydrogen) atoms. The van der Waals surface area contributed by atoms with Crippen molar-refractivity contribution in [1.29, 1.82) is 0 Å². The Morgan fingerprint density at radius 1 is 1.40 bits per heavy atom. The van der Waals surface area contributed by atoms with Gasteiger partial charge in [-0.05, 0) is 37.8 Å². The van der Waals surface area contributed by atoms with Crippen LogP contribution in [0.2, 0.25) is 0 Å². The summed E-state index contributed by atoms with van der Waals surface area (Å²) in [7, 11) is 1.64. The molecule has 1 amide bonds. The summed E-state index contributed by atoms with van der Waals surface area (Å²) < 4.78 is 5.35. The highest BCUT2D eigenvalue weighted by atomic mass is 16.5. The van der Waals surface area contributed by atoms with Crippen LogP contribution in [0.4, 0.5) is 0 Å². The van der Waals surface area contributed by atoms with E-state index in [1.54, 1.807) is 14.0 Å². The second-order valence-electron chi connectivity index (χ2n) is 6.33. The number of hydrogen-bond donors (Lipinski definition) is 1. The molecule has 0 unspecified atom stereocenters. The van der Waals surface area contributed by atoms with Gasteiger partial charge in [0.2, 0.25) is 5.91 Å². The van der Waals surface area contributed by atoms with Crippen LogP contribution in [0.25, 0.3) is 0 Å². The van der Waals surface area contributed by atoms with Crippen LogP contribution in [0, 0.1) is 6.92 Å². The topological polar surface area (TPSA) is 75.3 Å². The van der Waals surface area contributed by atoms with Crippen molar-refractivity contribution in [3.63, 3.8) is 0 Å². The van der Waals surface area contributed by atoms with Gasteiger partial charge in [0.05, 0.1) is 13.2 Å². The molecule has 0 aliphatic carbocycles. The third-order valence-corrected chi connectivity index (χ3v) is 4.58. The molecule has 3 rings (SSSR count). The van der Waals surface area contributed by atoms with Crippen molar-refractivity contribution >= 4 is 5.91 Å². The average Bonchev–Trinajstić information content (AvgIpc) is 3.09. The number of carbonyl (C=O) groups excluding carboxylic acids is 1. The number of aromatic nitrogens is 2. The highest BCUT2D eigenvalue weighted by Crippen LogP contribution is 2.30. The van der Waals surface area contributed by atoms with Gasteiger partial charge in [-0.1, -0.05) is 18.2 Å². The summed E-state index contributed by atoms with van der Waals surface area (Å²) >= 11 is 0. The summed E-state index contributed by atoms with van der Waals surface area (Å²) in [5.74, 6) is 1.48. The number of hydrogen-bond acceptors (Lipinski definition) is 4. The molecular formula is C19H23N3O3. The lowest BCUT2D eigenvalue weighted by Crippen LogP contribution is -2.32. The Kier molecular flexibility index (Phi) is 5.16. The first-order valence-electron chi connectivity index (χ1n) is 8.57. The molecule has 1 atom stereocenters. The van der Waals surface area contributed by atoms with Gasteiger partial charge in [-0.2, -0.15) is 0 Å². The number of methoxy groups -OCH3 is 1. The van der Waals surface area contributed by atoms with Crippen LogP contribution >= 0.6 is 0 Å². The second kappa shape index (κ2) is 7.51. The molecule has 1 fully saturated rings. The molecule has 1 aliphatic rings. The third-order valence-electron chi connectivity index (χ3n) is 4.58. The van der Waals surface area contributed by atoms with Crippen molar-refractivity contribution in [3.8, 4) is 5.75 Å². The number of aryl methyl sites for hydroxylation is 2. The van der Waals surface area contributed by atoms with E-state index in [4.69, 9.17) is 4.74 Å². The van der Waals surface area contributed by atoms with Crippen molar-refractivity contribution in [2.45, 2.75) is 38.6 Å². The molecule has 132 valence electrons. The number of amides is 1.